The Labute approximate surface area is 240 Å². The zero-order valence-corrected chi connectivity index (χ0v) is 24.3. The quantitative estimate of drug-likeness (QED) is 0.247. The van der Waals surface area contributed by atoms with Gasteiger partial charge in [0, 0.05) is 37.3 Å². The van der Waals surface area contributed by atoms with Crippen LogP contribution in [-0.2, 0) is 10.2 Å². The second-order valence-electron chi connectivity index (χ2n) is 11.8. The molecule has 2 aromatic carbocycles. The summed E-state index contributed by atoms with van der Waals surface area (Å²) in [4.78, 5) is 20.7. The average molecular weight is 557 g/mol. The fourth-order valence-corrected chi connectivity index (χ4v) is 4.62. The molecule has 0 saturated heterocycles. The van der Waals surface area contributed by atoms with Crippen LogP contribution in [0.2, 0.25) is 0 Å². The van der Waals surface area contributed by atoms with E-state index in [4.69, 9.17) is 18.7 Å². The van der Waals surface area contributed by atoms with Crippen LogP contribution in [0.1, 0.15) is 64.5 Å². The Morgan fingerprint density at radius 3 is 2.10 bits per heavy atom. The van der Waals surface area contributed by atoms with Gasteiger partial charge in [-0.1, -0.05) is 49.3 Å². The topological polar surface area (TPSA) is 109 Å². The van der Waals surface area contributed by atoms with Crippen LogP contribution >= 0.6 is 0 Å². The number of hydrogen-bond donors (Lipinski definition) is 1. The Morgan fingerprint density at radius 2 is 1.51 bits per heavy atom. The van der Waals surface area contributed by atoms with E-state index in [-0.39, 0.29) is 23.7 Å². The first kappa shape index (κ1) is 28.1. The van der Waals surface area contributed by atoms with E-state index < -0.39 is 5.60 Å². The van der Waals surface area contributed by atoms with Crippen LogP contribution < -0.4 is 14.8 Å². The minimum atomic E-state index is -0.504. The summed E-state index contributed by atoms with van der Waals surface area (Å²) in [5.41, 5.74) is 2.17. The molecule has 0 aliphatic heterocycles. The van der Waals surface area contributed by atoms with E-state index in [9.17, 15) is 4.79 Å². The SMILES string of the molecule is Cc1nc(-c2cccc(Oc3ccc(C(C)(C)c4ccc(OC5CC(NC(=O)OC(C)(C)C)C5)cc4)cc3)n2)no1. The molecule has 0 radical (unpaired) electrons. The van der Waals surface area contributed by atoms with Crippen LogP contribution in [0.5, 0.6) is 17.4 Å². The Hall–Kier alpha value is -4.40. The lowest BCUT2D eigenvalue weighted by molar-refractivity contribution is 0.0363. The average Bonchev–Trinajstić information content (AvgIpc) is 3.33. The van der Waals surface area contributed by atoms with Crippen molar-refractivity contribution in [3.63, 3.8) is 0 Å². The van der Waals surface area contributed by atoms with Crippen molar-refractivity contribution in [1.82, 2.24) is 20.4 Å². The fraction of sp³-hybridized carbons (Fsp3) is 0.375. The molecule has 41 heavy (non-hydrogen) atoms. The van der Waals surface area contributed by atoms with Crippen molar-refractivity contribution in [2.45, 2.75) is 77.5 Å². The molecule has 0 spiro atoms. The third-order valence-corrected chi connectivity index (χ3v) is 6.97. The number of amides is 1. The third kappa shape index (κ3) is 7.03. The van der Waals surface area contributed by atoms with Gasteiger partial charge in [-0.3, -0.25) is 0 Å². The molecular formula is C32H36N4O5. The monoisotopic (exact) mass is 556 g/mol. The van der Waals surface area contributed by atoms with Crippen molar-refractivity contribution in [2.75, 3.05) is 0 Å². The van der Waals surface area contributed by atoms with Gasteiger partial charge in [0.05, 0.1) is 0 Å². The number of pyridine rings is 1. The highest BCUT2D eigenvalue weighted by Crippen LogP contribution is 2.35. The number of hydrogen-bond acceptors (Lipinski definition) is 8. The Morgan fingerprint density at radius 1 is 0.878 bits per heavy atom. The van der Waals surface area contributed by atoms with Crippen molar-refractivity contribution in [2.24, 2.45) is 0 Å². The Bertz CT molecular complexity index is 1480. The number of aromatic nitrogens is 3. The zero-order valence-electron chi connectivity index (χ0n) is 24.3. The number of benzene rings is 2. The van der Waals surface area contributed by atoms with Gasteiger partial charge in [-0.05, 0) is 62.2 Å². The molecule has 1 amide bonds. The second kappa shape index (κ2) is 11.2. The highest BCUT2D eigenvalue weighted by Gasteiger charge is 2.33. The molecule has 1 saturated carbocycles. The predicted molar refractivity (Wildman–Crippen MR) is 154 cm³/mol. The summed E-state index contributed by atoms with van der Waals surface area (Å²) in [6, 6.07) is 21.8. The highest BCUT2D eigenvalue weighted by atomic mass is 16.6. The lowest BCUT2D eigenvalue weighted by atomic mass is 9.78. The Balaban J connectivity index is 1.15. The molecule has 1 aliphatic rings. The molecule has 214 valence electrons. The maximum absolute atomic E-state index is 11.9. The number of alkyl carbamates (subject to hydrolysis) is 1. The molecular weight excluding hydrogens is 520 g/mol. The first-order valence-electron chi connectivity index (χ1n) is 13.8. The molecule has 0 unspecified atom stereocenters. The number of nitrogens with zero attached hydrogens (tertiary/aromatic N) is 3. The minimum absolute atomic E-state index is 0.0767. The predicted octanol–water partition coefficient (Wildman–Crippen LogP) is 6.99. The van der Waals surface area contributed by atoms with Gasteiger partial charge in [0.2, 0.25) is 17.6 Å². The van der Waals surface area contributed by atoms with E-state index in [2.05, 4.69) is 58.6 Å². The van der Waals surface area contributed by atoms with Gasteiger partial charge in [-0.2, -0.15) is 4.98 Å². The number of rotatable bonds is 8. The van der Waals surface area contributed by atoms with Crippen LogP contribution in [0.25, 0.3) is 11.5 Å². The van der Waals surface area contributed by atoms with Crippen molar-refractivity contribution in [1.29, 1.82) is 0 Å². The molecule has 1 N–H and O–H groups in total. The third-order valence-electron chi connectivity index (χ3n) is 6.97. The van der Waals surface area contributed by atoms with Gasteiger partial charge in [0.1, 0.15) is 28.9 Å². The summed E-state index contributed by atoms with van der Waals surface area (Å²) in [5, 5.41) is 6.82. The van der Waals surface area contributed by atoms with Crippen LogP contribution in [0, 0.1) is 6.92 Å². The summed E-state index contributed by atoms with van der Waals surface area (Å²) in [6.07, 6.45) is 1.22. The van der Waals surface area contributed by atoms with Gasteiger partial charge >= 0.3 is 6.09 Å². The van der Waals surface area contributed by atoms with E-state index in [1.54, 1.807) is 13.0 Å². The van der Waals surface area contributed by atoms with E-state index >= 15 is 0 Å². The van der Waals surface area contributed by atoms with Gasteiger partial charge < -0.3 is 24.1 Å². The van der Waals surface area contributed by atoms with Gasteiger partial charge in [-0.25, -0.2) is 9.78 Å². The molecule has 9 heteroatoms. The Kier molecular flexibility index (Phi) is 7.71. The molecule has 4 aromatic rings. The summed E-state index contributed by atoms with van der Waals surface area (Å²) in [5.74, 6) is 2.86. The van der Waals surface area contributed by atoms with Crippen LogP contribution in [-0.4, -0.2) is 39.0 Å². The lowest BCUT2D eigenvalue weighted by Gasteiger charge is -2.36. The number of carbonyl (C=O) groups excluding carboxylic acids is 1. The lowest BCUT2D eigenvalue weighted by Crippen LogP contribution is -2.50. The molecule has 0 atom stereocenters. The molecule has 1 aliphatic carbocycles. The summed E-state index contributed by atoms with van der Waals surface area (Å²) < 4.78 is 22.5. The molecule has 9 nitrogen and oxygen atoms in total. The molecule has 0 bridgehead atoms. The largest absolute Gasteiger partial charge is 0.490 e. The van der Waals surface area contributed by atoms with Crippen molar-refractivity contribution in [3.05, 3.63) is 83.7 Å². The maximum Gasteiger partial charge on any atom is 0.407 e. The fourth-order valence-electron chi connectivity index (χ4n) is 4.62. The standard InChI is InChI=1S/C32H36N4O5/c1-20-33-29(36-41-20)27-8-7-9-28(35-27)39-25-16-12-22(13-17-25)32(5,6)21-10-14-24(15-11-21)38-26-18-23(19-26)34-30(37)40-31(2,3)4/h7-17,23,26H,18-19H2,1-6H3,(H,34,37). The number of aryl methyl sites for hydroxylation is 1. The van der Waals surface area contributed by atoms with Crippen LogP contribution in [0.15, 0.2) is 71.3 Å². The van der Waals surface area contributed by atoms with Gasteiger partial charge in [-0.15, -0.1) is 0 Å². The maximum atomic E-state index is 11.9. The zero-order chi connectivity index (χ0) is 29.2. The number of nitrogens with one attached hydrogen (secondary N) is 1. The molecule has 2 heterocycles. The van der Waals surface area contributed by atoms with Crippen LogP contribution in [0.4, 0.5) is 4.79 Å². The normalized spacial score (nSPS) is 16.9. The van der Waals surface area contributed by atoms with E-state index in [1.807, 2.05) is 57.2 Å². The summed E-state index contributed by atoms with van der Waals surface area (Å²) in [7, 11) is 0. The van der Waals surface area contributed by atoms with Crippen molar-refractivity contribution < 1.29 is 23.5 Å². The first-order valence-corrected chi connectivity index (χ1v) is 13.8. The second-order valence-corrected chi connectivity index (χ2v) is 11.8. The summed E-state index contributed by atoms with van der Waals surface area (Å²) in [6.45, 7) is 11.7. The van der Waals surface area contributed by atoms with E-state index in [0.717, 1.165) is 24.2 Å². The van der Waals surface area contributed by atoms with E-state index in [1.165, 1.54) is 5.56 Å². The summed E-state index contributed by atoms with van der Waals surface area (Å²) >= 11 is 0. The van der Waals surface area contributed by atoms with E-state index in [0.29, 0.717) is 29.0 Å². The van der Waals surface area contributed by atoms with Gasteiger partial charge in [0.15, 0.2) is 0 Å². The number of carbonyl (C=O) groups is 1. The minimum Gasteiger partial charge on any atom is -0.490 e. The molecule has 1 fully saturated rings. The molecule has 5 rings (SSSR count). The smallest absolute Gasteiger partial charge is 0.407 e. The van der Waals surface area contributed by atoms with Gasteiger partial charge in [0.25, 0.3) is 0 Å². The highest BCUT2D eigenvalue weighted by molar-refractivity contribution is 5.68. The molecule has 2 aromatic heterocycles. The van der Waals surface area contributed by atoms with Crippen molar-refractivity contribution >= 4 is 6.09 Å². The first-order chi connectivity index (χ1) is 19.4. The van der Waals surface area contributed by atoms with Crippen LogP contribution in [0.3, 0.4) is 0 Å². The van der Waals surface area contributed by atoms with Crippen molar-refractivity contribution in [3.8, 4) is 28.9 Å². The number of ether oxygens (including phenoxy) is 3.